The highest BCUT2D eigenvalue weighted by Gasteiger charge is 2.22. The Morgan fingerprint density at radius 2 is 2.04 bits per heavy atom. The molecule has 1 amide bonds. The molecule has 0 bridgehead atoms. The number of benzene rings is 1. The van der Waals surface area contributed by atoms with Gasteiger partial charge < -0.3 is 5.32 Å². The summed E-state index contributed by atoms with van der Waals surface area (Å²) in [5, 5.41) is 5.70. The van der Waals surface area contributed by atoms with Gasteiger partial charge in [0.05, 0.1) is 10.9 Å². The molecule has 0 saturated heterocycles. The number of amides is 1. The van der Waals surface area contributed by atoms with Crippen molar-refractivity contribution in [1.29, 1.82) is 0 Å². The first-order chi connectivity index (χ1) is 11.7. The molecule has 0 saturated carbocycles. The van der Waals surface area contributed by atoms with Gasteiger partial charge in [-0.1, -0.05) is 19.9 Å². The van der Waals surface area contributed by atoms with Crippen molar-refractivity contribution in [2.75, 3.05) is 14.1 Å². The van der Waals surface area contributed by atoms with Crippen LogP contribution < -0.4 is 5.32 Å². The SMILES string of the molecule is CC(C)CC(NC(=O)c1cccc(S(=O)(=O)N(C)C)c1)c1nccs1. The topological polar surface area (TPSA) is 79.4 Å². The lowest BCUT2D eigenvalue weighted by atomic mass is 10.0. The van der Waals surface area contributed by atoms with Crippen LogP contribution in [0.3, 0.4) is 0 Å². The summed E-state index contributed by atoms with van der Waals surface area (Å²) < 4.78 is 25.6. The van der Waals surface area contributed by atoms with E-state index in [2.05, 4.69) is 24.1 Å². The van der Waals surface area contributed by atoms with Crippen LogP contribution in [0.2, 0.25) is 0 Å². The zero-order chi connectivity index (χ0) is 18.6. The molecule has 25 heavy (non-hydrogen) atoms. The van der Waals surface area contributed by atoms with Gasteiger partial charge in [0, 0.05) is 31.2 Å². The zero-order valence-corrected chi connectivity index (χ0v) is 16.4. The fourth-order valence-corrected chi connectivity index (χ4v) is 4.00. The van der Waals surface area contributed by atoms with Gasteiger partial charge in [0.2, 0.25) is 10.0 Å². The molecule has 1 N–H and O–H groups in total. The van der Waals surface area contributed by atoms with Crippen LogP contribution in [0.1, 0.15) is 41.7 Å². The average Bonchev–Trinajstić information content (AvgIpc) is 3.08. The Morgan fingerprint density at radius 3 is 2.60 bits per heavy atom. The zero-order valence-electron chi connectivity index (χ0n) is 14.8. The molecule has 6 nitrogen and oxygen atoms in total. The number of aromatic nitrogens is 1. The summed E-state index contributed by atoms with van der Waals surface area (Å²) in [6, 6.07) is 5.88. The van der Waals surface area contributed by atoms with Gasteiger partial charge in [-0.15, -0.1) is 11.3 Å². The summed E-state index contributed by atoms with van der Waals surface area (Å²) in [5.41, 5.74) is 0.313. The molecule has 1 heterocycles. The molecule has 1 aromatic carbocycles. The molecule has 1 aromatic heterocycles. The van der Waals surface area contributed by atoms with Crippen molar-refractivity contribution in [1.82, 2.24) is 14.6 Å². The third-order valence-corrected chi connectivity index (χ3v) is 6.34. The molecule has 0 radical (unpaired) electrons. The van der Waals surface area contributed by atoms with Crippen LogP contribution in [0.15, 0.2) is 40.7 Å². The Balaban J connectivity index is 2.25. The van der Waals surface area contributed by atoms with Crippen molar-refractivity contribution in [3.8, 4) is 0 Å². The molecule has 1 unspecified atom stereocenters. The van der Waals surface area contributed by atoms with E-state index in [1.54, 1.807) is 18.3 Å². The highest BCUT2D eigenvalue weighted by molar-refractivity contribution is 7.89. The fourth-order valence-electron chi connectivity index (χ4n) is 2.35. The summed E-state index contributed by atoms with van der Waals surface area (Å²) >= 11 is 1.49. The molecule has 0 aliphatic heterocycles. The van der Waals surface area contributed by atoms with Crippen molar-refractivity contribution in [2.45, 2.75) is 31.2 Å². The molecular weight excluding hydrogens is 358 g/mol. The maximum absolute atomic E-state index is 12.6. The van der Waals surface area contributed by atoms with Gasteiger partial charge in [0.15, 0.2) is 0 Å². The summed E-state index contributed by atoms with van der Waals surface area (Å²) in [6.45, 7) is 4.16. The first-order valence-corrected chi connectivity index (χ1v) is 10.3. The number of thiazole rings is 1. The van der Waals surface area contributed by atoms with E-state index in [9.17, 15) is 13.2 Å². The maximum atomic E-state index is 12.6. The first kappa shape index (κ1) is 19.6. The number of rotatable bonds is 7. The minimum atomic E-state index is -3.58. The standard InChI is InChI=1S/C17H23N3O3S2/c1-12(2)10-15(17-18-8-9-24-17)19-16(21)13-6-5-7-14(11-13)25(22,23)20(3)4/h5-9,11-12,15H,10H2,1-4H3,(H,19,21). The number of nitrogens with one attached hydrogen (secondary N) is 1. The number of hydrogen-bond acceptors (Lipinski definition) is 5. The number of hydrogen-bond donors (Lipinski definition) is 1. The average molecular weight is 382 g/mol. The van der Waals surface area contributed by atoms with Crippen LogP contribution in [0.25, 0.3) is 0 Å². The lowest BCUT2D eigenvalue weighted by Gasteiger charge is -2.19. The lowest BCUT2D eigenvalue weighted by Crippen LogP contribution is -2.30. The van der Waals surface area contributed by atoms with Crippen molar-refractivity contribution < 1.29 is 13.2 Å². The Kier molecular flexibility index (Phi) is 6.31. The van der Waals surface area contributed by atoms with E-state index in [0.717, 1.165) is 15.7 Å². The van der Waals surface area contributed by atoms with E-state index in [4.69, 9.17) is 0 Å². The molecule has 0 aliphatic rings. The highest BCUT2D eigenvalue weighted by Crippen LogP contribution is 2.24. The van der Waals surface area contributed by atoms with Crippen molar-refractivity contribution >= 4 is 27.3 Å². The Bertz CT molecular complexity index is 815. The Labute approximate surface area is 153 Å². The second-order valence-electron chi connectivity index (χ2n) is 6.34. The second-order valence-corrected chi connectivity index (χ2v) is 9.42. The van der Waals surface area contributed by atoms with Crippen LogP contribution in [0.4, 0.5) is 0 Å². The van der Waals surface area contributed by atoms with Gasteiger partial charge in [-0.2, -0.15) is 0 Å². The number of carbonyl (C=O) groups excluding carboxylic acids is 1. The monoisotopic (exact) mass is 381 g/mol. The van der Waals surface area contributed by atoms with Crippen molar-refractivity contribution in [3.63, 3.8) is 0 Å². The van der Waals surface area contributed by atoms with Gasteiger partial charge in [0.25, 0.3) is 5.91 Å². The predicted molar refractivity (Wildman–Crippen MR) is 99.1 cm³/mol. The van der Waals surface area contributed by atoms with E-state index >= 15 is 0 Å². The maximum Gasteiger partial charge on any atom is 0.251 e. The summed E-state index contributed by atoms with van der Waals surface area (Å²) in [7, 11) is -0.658. The van der Waals surface area contributed by atoms with Gasteiger partial charge in [-0.3, -0.25) is 4.79 Å². The van der Waals surface area contributed by atoms with Crippen LogP contribution in [-0.2, 0) is 10.0 Å². The third kappa shape index (κ3) is 4.87. The van der Waals surface area contributed by atoms with Crippen LogP contribution >= 0.6 is 11.3 Å². The van der Waals surface area contributed by atoms with E-state index in [-0.39, 0.29) is 16.8 Å². The summed E-state index contributed by atoms with van der Waals surface area (Å²) in [6.07, 6.45) is 2.47. The fraction of sp³-hybridized carbons (Fsp3) is 0.412. The van der Waals surface area contributed by atoms with Crippen LogP contribution in [-0.4, -0.2) is 37.7 Å². The smallest absolute Gasteiger partial charge is 0.251 e. The van der Waals surface area contributed by atoms with Gasteiger partial charge >= 0.3 is 0 Å². The van der Waals surface area contributed by atoms with Crippen LogP contribution in [0, 0.1) is 5.92 Å². The van der Waals surface area contributed by atoms with E-state index in [0.29, 0.717) is 11.5 Å². The predicted octanol–water partition coefficient (Wildman–Crippen LogP) is 2.91. The quantitative estimate of drug-likeness (QED) is 0.800. The molecule has 1 atom stereocenters. The third-order valence-electron chi connectivity index (χ3n) is 3.64. The molecule has 0 spiro atoms. The van der Waals surface area contributed by atoms with E-state index < -0.39 is 10.0 Å². The van der Waals surface area contributed by atoms with Crippen molar-refractivity contribution in [2.24, 2.45) is 5.92 Å². The summed E-state index contributed by atoms with van der Waals surface area (Å²) in [4.78, 5) is 17.0. The van der Waals surface area contributed by atoms with Crippen molar-refractivity contribution in [3.05, 3.63) is 46.4 Å². The van der Waals surface area contributed by atoms with E-state index in [1.807, 2.05) is 5.38 Å². The Morgan fingerprint density at radius 1 is 1.32 bits per heavy atom. The molecule has 136 valence electrons. The second kappa shape index (κ2) is 8.07. The number of nitrogens with zero attached hydrogens (tertiary/aromatic N) is 2. The molecular formula is C17H23N3O3S2. The van der Waals surface area contributed by atoms with Gasteiger partial charge in [-0.05, 0) is 30.5 Å². The Hall–Kier alpha value is -1.77. The number of carbonyl (C=O) groups is 1. The largest absolute Gasteiger partial charge is 0.343 e. The minimum Gasteiger partial charge on any atom is -0.343 e. The molecule has 0 aliphatic carbocycles. The first-order valence-electron chi connectivity index (χ1n) is 7.94. The molecule has 2 rings (SSSR count). The number of sulfonamides is 1. The lowest BCUT2D eigenvalue weighted by molar-refractivity contribution is 0.0931. The van der Waals surface area contributed by atoms with Crippen LogP contribution in [0.5, 0.6) is 0 Å². The van der Waals surface area contributed by atoms with Gasteiger partial charge in [-0.25, -0.2) is 17.7 Å². The van der Waals surface area contributed by atoms with Gasteiger partial charge in [0.1, 0.15) is 5.01 Å². The highest BCUT2D eigenvalue weighted by atomic mass is 32.2. The van der Waals surface area contributed by atoms with E-state index in [1.165, 1.54) is 37.6 Å². The normalized spacial score (nSPS) is 13.2. The molecule has 0 fully saturated rings. The molecule has 8 heteroatoms. The molecule has 2 aromatic rings. The summed E-state index contributed by atoms with van der Waals surface area (Å²) in [5.74, 6) is 0.0753. The minimum absolute atomic E-state index is 0.0970.